The van der Waals surface area contributed by atoms with Crippen LogP contribution in [0.2, 0.25) is 0 Å². The number of hydrogen-bond acceptors (Lipinski definition) is 6. The quantitative estimate of drug-likeness (QED) is 0.410. The molecule has 0 unspecified atom stereocenters. The average Bonchev–Trinajstić information content (AvgIpc) is 2.92. The first-order chi connectivity index (χ1) is 17.0. The van der Waals surface area contributed by atoms with Crippen molar-refractivity contribution in [1.82, 2.24) is 4.90 Å². The van der Waals surface area contributed by atoms with Gasteiger partial charge in [0.25, 0.3) is 11.6 Å². The second kappa shape index (κ2) is 9.66. The van der Waals surface area contributed by atoms with E-state index in [9.17, 15) is 14.9 Å². The molecule has 1 saturated heterocycles. The van der Waals surface area contributed by atoms with Gasteiger partial charge < -0.3 is 19.4 Å². The van der Waals surface area contributed by atoms with Crippen molar-refractivity contribution in [2.24, 2.45) is 0 Å². The van der Waals surface area contributed by atoms with Crippen molar-refractivity contribution in [2.45, 2.75) is 13.0 Å². The normalized spacial score (nSPS) is 15.5. The predicted octanol–water partition coefficient (Wildman–Crippen LogP) is 4.13. The number of benzene rings is 3. The topological polar surface area (TPSA) is 79.2 Å². The average molecular weight is 473 g/mol. The van der Waals surface area contributed by atoms with Gasteiger partial charge in [0.15, 0.2) is 0 Å². The van der Waals surface area contributed by atoms with Gasteiger partial charge >= 0.3 is 0 Å². The van der Waals surface area contributed by atoms with Crippen molar-refractivity contribution >= 4 is 23.0 Å². The van der Waals surface area contributed by atoms with E-state index in [-0.39, 0.29) is 16.5 Å². The third-order valence-corrected chi connectivity index (χ3v) is 6.90. The van der Waals surface area contributed by atoms with E-state index in [4.69, 9.17) is 4.74 Å². The molecule has 2 aliphatic rings. The molecule has 0 aliphatic carbocycles. The molecule has 0 spiro atoms. The summed E-state index contributed by atoms with van der Waals surface area (Å²) in [5.74, 6) is 0.529. The Morgan fingerprint density at radius 3 is 2.34 bits per heavy atom. The minimum atomic E-state index is -0.302. The molecule has 3 aromatic carbocycles. The first-order valence-corrected chi connectivity index (χ1v) is 11.8. The van der Waals surface area contributed by atoms with Crippen molar-refractivity contribution in [3.8, 4) is 5.75 Å². The molecule has 0 saturated carbocycles. The Bertz CT molecular complexity index is 1250. The summed E-state index contributed by atoms with van der Waals surface area (Å²) in [6.45, 7) is 3.84. The molecule has 35 heavy (non-hydrogen) atoms. The number of nitro benzene ring substituents is 1. The highest BCUT2D eigenvalue weighted by molar-refractivity contribution is 5.97. The maximum atomic E-state index is 13.0. The summed E-state index contributed by atoms with van der Waals surface area (Å²) in [7, 11) is 1.57. The number of anilines is 2. The Morgan fingerprint density at radius 2 is 1.60 bits per heavy atom. The second-order valence-electron chi connectivity index (χ2n) is 8.85. The fraction of sp³-hybridized carbons (Fsp3) is 0.296. The molecule has 180 valence electrons. The number of amides is 1. The van der Waals surface area contributed by atoms with Crippen LogP contribution in [0.5, 0.6) is 5.75 Å². The summed E-state index contributed by atoms with van der Waals surface area (Å²) in [5, 5.41) is 11.8. The number of methoxy groups -OCH3 is 1. The van der Waals surface area contributed by atoms with Crippen molar-refractivity contribution in [3.63, 3.8) is 0 Å². The van der Waals surface area contributed by atoms with E-state index in [1.807, 2.05) is 41.3 Å². The van der Waals surface area contributed by atoms with Gasteiger partial charge in [-0.2, -0.15) is 0 Å². The Hall–Kier alpha value is -4.07. The number of nitrogens with zero attached hydrogens (tertiary/aromatic N) is 4. The monoisotopic (exact) mass is 472 g/mol. The van der Waals surface area contributed by atoms with E-state index in [0.29, 0.717) is 49.7 Å². The lowest BCUT2D eigenvalue weighted by Gasteiger charge is -2.37. The van der Waals surface area contributed by atoms with Crippen LogP contribution < -0.4 is 14.5 Å². The summed E-state index contributed by atoms with van der Waals surface area (Å²) < 4.78 is 5.35. The molecule has 8 heteroatoms. The van der Waals surface area contributed by atoms with Crippen molar-refractivity contribution in [1.29, 1.82) is 0 Å². The predicted molar refractivity (Wildman–Crippen MR) is 135 cm³/mol. The molecule has 2 aliphatic heterocycles. The molecule has 2 heterocycles. The number of para-hydroxylation sites is 1. The van der Waals surface area contributed by atoms with Gasteiger partial charge in [-0.1, -0.05) is 36.4 Å². The summed E-state index contributed by atoms with van der Waals surface area (Å²) in [4.78, 5) is 30.7. The fourth-order valence-corrected chi connectivity index (χ4v) is 4.98. The van der Waals surface area contributed by atoms with Crippen molar-refractivity contribution in [3.05, 3.63) is 93.5 Å². The highest BCUT2D eigenvalue weighted by atomic mass is 16.6. The van der Waals surface area contributed by atoms with Gasteiger partial charge in [0.1, 0.15) is 11.4 Å². The lowest BCUT2D eigenvalue weighted by atomic mass is 9.99. The van der Waals surface area contributed by atoms with Gasteiger partial charge in [-0.3, -0.25) is 14.9 Å². The zero-order valence-corrected chi connectivity index (χ0v) is 19.7. The zero-order valence-electron chi connectivity index (χ0n) is 19.7. The van der Waals surface area contributed by atoms with Crippen LogP contribution in [0.1, 0.15) is 21.5 Å². The molecule has 0 radical (unpaired) electrons. The smallest absolute Gasteiger partial charge is 0.292 e. The first-order valence-electron chi connectivity index (χ1n) is 11.8. The van der Waals surface area contributed by atoms with E-state index in [2.05, 4.69) is 21.9 Å². The largest absolute Gasteiger partial charge is 0.496 e. The van der Waals surface area contributed by atoms with Gasteiger partial charge in [-0.15, -0.1) is 0 Å². The lowest BCUT2D eigenvalue weighted by molar-refractivity contribution is -0.384. The Kier molecular flexibility index (Phi) is 6.27. The number of fused-ring (bicyclic) bond motifs is 1. The lowest BCUT2D eigenvalue weighted by Crippen LogP contribution is -2.48. The number of hydrogen-bond donors (Lipinski definition) is 0. The van der Waals surface area contributed by atoms with Gasteiger partial charge in [0, 0.05) is 51.0 Å². The minimum absolute atomic E-state index is 0.0431. The highest BCUT2D eigenvalue weighted by Crippen LogP contribution is 2.36. The molecule has 0 N–H and O–H groups in total. The van der Waals surface area contributed by atoms with E-state index in [1.54, 1.807) is 25.3 Å². The Morgan fingerprint density at radius 1 is 0.886 bits per heavy atom. The van der Waals surface area contributed by atoms with Crippen LogP contribution in [0.25, 0.3) is 0 Å². The van der Waals surface area contributed by atoms with Gasteiger partial charge in [0.2, 0.25) is 0 Å². The van der Waals surface area contributed by atoms with Crippen LogP contribution in [0.15, 0.2) is 66.7 Å². The molecule has 8 nitrogen and oxygen atoms in total. The maximum absolute atomic E-state index is 13.0. The number of ether oxygens (including phenoxy) is 1. The molecule has 1 fully saturated rings. The standard InChI is InChI=1S/C27H28N4O4/c1-35-26-9-5-4-8-23(26)27(32)29-16-14-28(15-17-29)22-10-11-24(31(33)34)25(18-22)30-13-12-20-6-2-3-7-21(20)19-30/h2-11,18H,12-17,19H2,1H3. The molecular weight excluding hydrogens is 444 g/mol. The number of carbonyl (C=O) groups excluding carboxylic acids is 1. The van der Waals surface area contributed by atoms with Gasteiger partial charge in [-0.25, -0.2) is 0 Å². The summed E-state index contributed by atoms with van der Waals surface area (Å²) in [6, 6.07) is 20.9. The number of nitro groups is 1. The molecule has 1 amide bonds. The van der Waals surface area contributed by atoms with Crippen LogP contribution >= 0.6 is 0 Å². The zero-order chi connectivity index (χ0) is 24.4. The van der Waals surface area contributed by atoms with Crippen LogP contribution in [-0.4, -0.2) is 55.6 Å². The number of carbonyl (C=O) groups is 1. The SMILES string of the molecule is COc1ccccc1C(=O)N1CCN(c2ccc([N+](=O)[O-])c(N3CCc4ccccc4C3)c2)CC1. The van der Waals surface area contributed by atoms with E-state index >= 15 is 0 Å². The summed E-state index contributed by atoms with van der Waals surface area (Å²) in [6.07, 6.45) is 0.862. The molecule has 0 aromatic heterocycles. The van der Waals surface area contributed by atoms with Crippen molar-refractivity contribution in [2.75, 3.05) is 49.6 Å². The summed E-state index contributed by atoms with van der Waals surface area (Å²) >= 11 is 0. The summed E-state index contributed by atoms with van der Waals surface area (Å²) in [5.41, 5.74) is 4.79. The number of rotatable bonds is 5. The molecule has 3 aromatic rings. The molecule has 0 atom stereocenters. The van der Waals surface area contributed by atoms with E-state index in [1.165, 1.54) is 11.1 Å². The van der Waals surface area contributed by atoms with Crippen LogP contribution in [0.3, 0.4) is 0 Å². The Balaban J connectivity index is 1.33. The van der Waals surface area contributed by atoms with Gasteiger partial charge in [0.05, 0.1) is 17.6 Å². The highest BCUT2D eigenvalue weighted by Gasteiger charge is 2.27. The van der Waals surface area contributed by atoms with E-state index in [0.717, 1.165) is 18.7 Å². The molecule has 0 bridgehead atoms. The van der Waals surface area contributed by atoms with Crippen LogP contribution in [-0.2, 0) is 13.0 Å². The third kappa shape index (κ3) is 4.51. The van der Waals surface area contributed by atoms with Crippen LogP contribution in [0.4, 0.5) is 17.1 Å². The third-order valence-electron chi connectivity index (χ3n) is 6.90. The minimum Gasteiger partial charge on any atom is -0.496 e. The Labute approximate surface area is 204 Å². The van der Waals surface area contributed by atoms with Crippen molar-refractivity contribution < 1.29 is 14.5 Å². The first kappa shape index (κ1) is 22.7. The second-order valence-corrected chi connectivity index (χ2v) is 8.85. The maximum Gasteiger partial charge on any atom is 0.292 e. The van der Waals surface area contributed by atoms with E-state index < -0.39 is 0 Å². The number of piperazine rings is 1. The molecular formula is C27H28N4O4. The van der Waals surface area contributed by atoms with Crippen LogP contribution in [0, 0.1) is 10.1 Å². The molecule has 5 rings (SSSR count). The van der Waals surface area contributed by atoms with Gasteiger partial charge in [-0.05, 0) is 41.8 Å². The fourth-order valence-electron chi connectivity index (χ4n) is 4.98.